The largest absolute Gasteiger partial charge is 0.744 e. The Morgan fingerprint density at radius 1 is 0.688 bits per heavy atom. The molecule has 15 nitrogen and oxygen atoms in total. The second-order valence-electron chi connectivity index (χ2n) is 9.52. The van der Waals surface area contributed by atoms with Gasteiger partial charge in [-0.1, -0.05) is 42.5 Å². The summed E-state index contributed by atoms with van der Waals surface area (Å²) in [6.45, 7) is 1.90. The van der Waals surface area contributed by atoms with Gasteiger partial charge >= 0.3 is 0 Å². The van der Waals surface area contributed by atoms with Gasteiger partial charge < -0.3 is 40.4 Å². The van der Waals surface area contributed by atoms with E-state index in [9.17, 15) is 22.6 Å². The fraction of sp³-hybridized carbons (Fsp3) is 0.0345. The van der Waals surface area contributed by atoms with Crippen LogP contribution in [-0.2, 0) is 57.8 Å². The number of amides is 2. The average molecular weight is 883 g/mol. The molecule has 1 radical (unpaired) electrons. The number of hydrogen-bond donors (Lipinski definition) is 2. The van der Waals surface area contributed by atoms with E-state index in [0.29, 0.717) is 28.3 Å². The summed E-state index contributed by atoms with van der Waals surface area (Å²) in [6.07, 6.45) is 0. The van der Waals surface area contributed by atoms with Crippen molar-refractivity contribution < 1.29 is 44.9 Å². The van der Waals surface area contributed by atoms with E-state index in [4.69, 9.17) is 25.3 Å². The van der Waals surface area contributed by atoms with Gasteiger partial charge in [0.15, 0.2) is 0 Å². The molecule has 48 heavy (non-hydrogen) atoms. The third-order valence-corrected chi connectivity index (χ3v) is 7.77. The maximum absolute atomic E-state index is 12.4. The summed E-state index contributed by atoms with van der Waals surface area (Å²) in [5, 5.41) is 27.6. The molecule has 0 aliphatic heterocycles. The zero-order valence-electron chi connectivity index (χ0n) is 24.4. The van der Waals surface area contributed by atoms with E-state index in [-0.39, 0.29) is 44.2 Å². The van der Waals surface area contributed by atoms with E-state index in [1.54, 1.807) is 48.5 Å². The minimum atomic E-state index is -4.78. The van der Waals surface area contributed by atoms with Crippen molar-refractivity contribution in [2.45, 2.75) is 22.1 Å². The van der Waals surface area contributed by atoms with Crippen molar-refractivity contribution in [2.24, 2.45) is 0 Å². The number of nitrogens with one attached hydrogen (secondary N) is 2. The van der Waals surface area contributed by atoms with E-state index in [1.165, 1.54) is 27.6 Å². The fourth-order valence-electron chi connectivity index (χ4n) is 4.21. The van der Waals surface area contributed by atoms with Crippen LogP contribution in [0.2, 0.25) is 0 Å². The molecule has 0 aliphatic rings. The predicted octanol–water partition coefficient (Wildman–Crippen LogP) is 2.85. The van der Waals surface area contributed by atoms with Gasteiger partial charge in [0.25, 0.3) is 11.8 Å². The summed E-state index contributed by atoms with van der Waals surface area (Å²) in [6, 6.07) is 26.2. The first-order valence-corrected chi connectivity index (χ1v) is 15.6. The smallest absolute Gasteiger partial charge is 0.256 e. The molecule has 0 fully saturated rings. The molecule has 6 aromatic rings. The molecule has 2 aromatic heterocycles. The summed E-state index contributed by atoms with van der Waals surface area (Å²) in [5.74, 6) is -0.895. The van der Waals surface area contributed by atoms with E-state index in [2.05, 4.69) is 41.7 Å². The van der Waals surface area contributed by atoms with Gasteiger partial charge in [0.2, 0.25) is 0 Å². The number of tetrazole rings is 2. The van der Waals surface area contributed by atoms with Crippen molar-refractivity contribution in [3.05, 3.63) is 114 Å². The van der Waals surface area contributed by atoms with Crippen molar-refractivity contribution in [3.8, 4) is 11.4 Å². The molecule has 0 saturated heterocycles. The zero-order valence-corrected chi connectivity index (χ0v) is 29.0. The fourth-order valence-corrected chi connectivity index (χ4v) is 5.24. The molecule has 2 N–H and O–H groups in total. The van der Waals surface area contributed by atoms with Crippen molar-refractivity contribution in [2.75, 3.05) is 10.6 Å². The summed E-state index contributed by atoms with van der Waals surface area (Å²) < 4.78 is 36.6. The first kappa shape index (κ1) is 35.9. The van der Waals surface area contributed by atoms with E-state index < -0.39 is 20.9 Å². The van der Waals surface area contributed by atoms with Gasteiger partial charge in [0, 0.05) is 49.6 Å². The number of aromatic nitrogens is 8. The molecule has 0 saturated carbocycles. The molecule has 19 heteroatoms. The monoisotopic (exact) mass is 882 g/mol. The van der Waals surface area contributed by atoms with Gasteiger partial charge in [-0.3, -0.25) is 9.59 Å². The first-order valence-electron chi connectivity index (χ1n) is 13.4. The quantitative estimate of drug-likeness (QED) is 0.135. The Balaban J connectivity index is 0.000000214. The Morgan fingerprint density at radius 2 is 1.15 bits per heavy atom. The summed E-state index contributed by atoms with van der Waals surface area (Å²) in [5.41, 5.74) is 3.52. The number of benzene rings is 4. The van der Waals surface area contributed by atoms with Gasteiger partial charge in [-0.25, -0.2) is 17.8 Å². The molecule has 0 aliphatic carbocycles. The molecular formula is C29H21AuN10O5S3-3. The number of hydrogen-bond acceptors (Lipinski definition) is 13. The van der Waals surface area contributed by atoms with Gasteiger partial charge in [0.05, 0.1) is 21.8 Å². The minimum absolute atomic E-state index is 0. The van der Waals surface area contributed by atoms with Gasteiger partial charge in [-0.05, 0) is 87.9 Å². The molecule has 2 amide bonds. The molecule has 0 bridgehead atoms. The standard InChI is InChI=1S/C15H13N5OS.C14H11N5O4S2.Au/c1-10-5-2-3-8-13(10)14(21)16-11-6-4-7-12(9-11)20-15(22)17-18-19-20;20-13(11-6-1-2-7-12(11)25(21,22)23)15-9-4-3-5-10(8-9)19-14(24)16-17-18-19;/h2-9H,1H3,(H,16,21)(H,17,19,22);1-8H,(H,15,20)(H,16,18,24)(H,21,22,23);/p-3. The van der Waals surface area contributed by atoms with Crippen LogP contribution in [0, 0.1) is 6.92 Å². The molecular weight excluding hydrogens is 862 g/mol. The maximum atomic E-state index is 12.4. The van der Waals surface area contributed by atoms with Crippen LogP contribution in [0.5, 0.6) is 0 Å². The third-order valence-electron chi connectivity index (χ3n) is 6.37. The molecule has 0 atom stereocenters. The SMILES string of the molecule is Cc1ccccc1C(=O)Nc1cccc(-n2nnnc2[S-])c1.O=C(Nc1cccc(-n2nnnc2[S-])c1)c1ccccc1S(=O)(=O)[O-].[Au]. The molecule has 2 heterocycles. The van der Waals surface area contributed by atoms with Gasteiger partial charge in [0.1, 0.15) is 10.1 Å². The number of rotatable bonds is 7. The van der Waals surface area contributed by atoms with Crippen molar-refractivity contribution in [1.82, 2.24) is 40.4 Å². The van der Waals surface area contributed by atoms with E-state index in [1.807, 2.05) is 31.2 Å². The Hall–Kier alpha value is -4.95. The number of nitrogens with zero attached hydrogens (tertiary/aromatic N) is 8. The summed E-state index contributed by atoms with van der Waals surface area (Å²) >= 11 is 10.0. The molecule has 6 rings (SSSR count). The predicted molar refractivity (Wildman–Crippen MR) is 171 cm³/mol. The maximum Gasteiger partial charge on any atom is 0.256 e. The number of carbonyl (C=O) groups is 2. The van der Waals surface area contributed by atoms with Crippen LogP contribution in [0.1, 0.15) is 26.3 Å². The second-order valence-corrected chi connectivity index (χ2v) is 11.6. The Bertz CT molecular complexity index is 2190. The normalized spacial score (nSPS) is 10.6. The first-order chi connectivity index (χ1) is 22.5. The number of carbonyl (C=O) groups excluding carboxylic acids is 2. The van der Waals surface area contributed by atoms with E-state index in [0.717, 1.165) is 11.6 Å². The summed E-state index contributed by atoms with van der Waals surface area (Å²) in [4.78, 5) is 24.1. The van der Waals surface area contributed by atoms with Crippen LogP contribution in [0.15, 0.2) is 112 Å². The molecule has 249 valence electrons. The van der Waals surface area contributed by atoms with Gasteiger partial charge in [-0.15, -0.1) is 10.2 Å². The van der Waals surface area contributed by atoms with Crippen molar-refractivity contribution >= 4 is 58.6 Å². The average Bonchev–Trinajstić information content (AvgIpc) is 3.69. The second kappa shape index (κ2) is 15.8. The van der Waals surface area contributed by atoms with Crippen LogP contribution in [0.4, 0.5) is 11.4 Å². The number of aryl methyl sites for hydroxylation is 1. The Labute approximate surface area is 300 Å². The van der Waals surface area contributed by atoms with Crippen LogP contribution in [-0.4, -0.2) is 65.2 Å². The minimum Gasteiger partial charge on any atom is -0.744 e. The molecule has 0 unspecified atom stereocenters. The Kier molecular flexibility index (Phi) is 11.8. The number of anilines is 2. The van der Waals surface area contributed by atoms with E-state index >= 15 is 0 Å². The van der Waals surface area contributed by atoms with Crippen LogP contribution >= 0.6 is 0 Å². The topological polar surface area (TPSA) is 203 Å². The van der Waals surface area contributed by atoms with Crippen LogP contribution in [0.25, 0.3) is 11.4 Å². The summed E-state index contributed by atoms with van der Waals surface area (Å²) in [7, 11) is -4.78. The van der Waals surface area contributed by atoms with Crippen molar-refractivity contribution in [3.63, 3.8) is 0 Å². The van der Waals surface area contributed by atoms with Crippen molar-refractivity contribution in [1.29, 1.82) is 0 Å². The van der Waals surface area contributed by atoms with Crippen LogP contribution in [0.3, 0.4) is 0 Å². The molecule has 4 aromatic carbocycles. The zero-order chi connectivity index (χ0) is 33.6. The molecule has 0 spiro atoms. The van der Waals surface area contributed by atoms with Gasteiger partial charge in [-0.2, -0.15) is 0 Å². The van der Waals surface area contributed by atoms with Crippen LogP contribution < -0.4 is 10.6 Å². The third kappa shape index (κ3) is 8.69. The Morgan fingerprint density at radius 3 is 1.60 bits per heavy atom.